The average molecular weight is 483 g/mol. The molecule has 2 aromatic carbocycles. The number of aromatic nitrogens is 2. The highest BCUT2D eigenvalue weighted by molar-refractivity contribution is 6.02. The first-order valence-electron chi connectivity index (χ1n) is 13.2. The molecule has 3 aromatic rings. The Kier molecular flexibility index (Phi) is 7.38. The standard InChI is InChI=1S/C32H42N4/c1-9-26(31(2,3)4)30-35-20-28(36-30)24-16-14-22(15-17-24)21-10-12-23(13-11-21)25-18-27(34-19-25)29(33-8)32(5,6)7/h10-17,19-20,26,29,33H,9,18H2,1-8H3,(H,35,36)/t26-,29-/m1/s1. The van der Waals surface area contributed by atoms with Gasteiger partial charge < -0.3 is 10.3 Å². The normalized spacial score (nSPS) is 16.0. The highest BCUT2D eigenvalue weighted by Crippen LogP contribution is 2.37. The first kappa shape index (κ1) is 26.1. The minimum atomic E-state index is 0.134. The van der Waals surface area contributed by atoms with Gasteiger partial charge in [-0.1, -0.05) is 97.0 Å². The molecule has 0 bridgehead atoms. The summed E-state index contributed by atoms with van der Waals surface area (Å²) in [7, 11) is 2.02. The van der Waals surface area contributed by atoms with Gasteiger partial charge in [-0.25, -0.2) is 4.98 Å². The molecule has 1 aliphatic heterocycles. The molecule has 4 rings (SSSR count). The average Bonchev–Trinajstić information content (AvgIpc) is 3.49. The number of hydrogen-bond donors (Lipinski definition) is 2. The van der Waals surface area contributed by atoms with E-state index in [-0.39, 0.29) is 16.9 Å². The van der Waals surface area contributed by atoms with E-state index in [1.807, 2.05) is 19.4 Å². The lowest BCUT2D eigenvalue weighted by molar-refractivity contribution is 0.302. The molecule has 0 fully saturated rings. The van der Waals surface area contributed by atoms with Crippen LogP contribution in [0.3, 0.4) is 0 Å². The zero-order chi connectivity index (χ0) is 26.1. The van der Waals surface area contributed by atoms with Crippen molar-refractivity contribution in [2.24, 2.45) is 15.8 Å². The van der Waals surface area contributed by atoms with Gasteiger partial charge >= 0.3 is 0 Å². The molecule has 2 atom stereocenters. The highest BCUT2D eigenvalue weighted by atomic mass is 14.9. The number of H-pyrrole nitrogens is 1. The van der Waals surface area contributed by atoms with Gasteiger partial charge in [0, 0.05) is 24.3 Å². The van der Waals surface area contributed by atoms with E-state index in [2.05, 4.69) is 107 Å². The van der Waals surface area contributed by atoms with Gasteiger partial charge in [-0.05, 0) is 52.1 Å². The van der Waals surface area contributed by atoms with E-state index < -0.39 is 0 Å². The molecule has 0 saturated carbocycles. The molecule has 1 aliphatic rings. The third-order valence-electron chi connectivity index (χ3n) is 7.41. The second kappa shape index (κ2) is 10.2. The van der Waals surface area contributed by atoms with E-state index in [0.29, 0.717) is 5.92 Å². The zero-order valence-electron chi connectivity index (χ0n) is 23.2. The maximum Gasteiger partial charge on any atom is 0.110 e. The molecule has 2 N–H and O–H groups in total. The number of benzene rings is 2. The molecule has 0 saturated heterocycles. The molecular formula is C32H42N4. The largest absolute Gasteiger partial charge is 0.342 e. The van der Waals surface area contributed by atoms with Gasteiger partial charge in [0.15, 0.2) is 0 Å². The zero-order valence-corrected chi connectivity index (χ0v) is 23.2. The van der Waals surface area contributed by atoms with Crippen LogP contribution in [0.2, 0.25) is 0 Å². The summed E-state index contributed by atoms with van der Waals surface area (Å²) in [5.41, 5.74) is 8.74. The summed E-state index contributed by atoms with van der Waals surface area (Å²) in [4.78, 5) is 13.1. The fraction of sp³-hybridized carbons (Fsp3) is 0.438. The molecule has 0 amide bonds. The topological polar surface area (TPSA) is 53.1 Å². The van der Waals surface area contributed by atoms with Crippen molar-refractivity contribution in [1.29, 1.82) is 0 Å². The van der Waals surface area contributed by atoms with Crippen molar-refractivity contribution in [2.45, 2.75) is 73.3 Å². The van der Waals surface area contributed by atoms with E-state index in [4.69, 9.17) is 9.98 Å². The van der Waals surface area contributed by atoms with Crippen LogP contribution < -0.4 is 5.32 Å². The molecule has 0 radical (unpaired) electrons. The minimum absolute atomic E-state index is 0.134. The highest BCUT2D eigenvalue weighted by Gasteiger charge is 2.30. The number of nitrogens with one attached hydrogen (secondary N) is 2. The monoisotopic (exact) mass is 482 g/mol. The van der Waals surface area contributed by atoms with Crippen LogP contribution in [0.4, 0.5) is 0 Å². The predicted molar refractivity (Wildman–Crippen MR) is 154 cm³/mol. The summed E-state index contributed by atoms with van der Waals surface area (Å²) in [6, 6.07) is 17.9. The molecule has 0 spiro atoms. The molecule has 4 nitrogen and oxygen atoms in total. The Hall–Kier alpha value is -2.98. The van der Waals surface area contributed by atoms with Crippen molar-refractivity contribution in [2.75, 3.05) is 7.05 Å². The molecule has 2 heterocycles. The van der Waals surface area contributed by atoms with E-state index >= 15 is 0 Å². The van der Waals surface area contributed by atoms with Crippen molar-refractivity contribution in [3.63, 3.8) is 0 Å². The van der Waals surface area contributed by atoms with Crippen molar-refractivity contribution in [3.8, 4) is 22.4 Å². The van der Waals surface area contributed by atoms with E-state index in [1.54, 1.807) is 0 Å². The maximum absolute atomic E-state index is 4.77. The van der Waals surface area contributed by atoms with Gasteiger partial charge in [0.1, 0.15) is 5.82 Å². The van der Waals surface area contributed by atoms with Crippen LogP contribution in [-0.2, 0) is 0 Å². The molecular weight excluding hydrogens is 440 g/mol. The summed E-state index contributed by atoms with van der Waals surface area (Å²) >= 11 is 0. The summed E-state index contributed by atoms with van der Waals surface area (Å²) in [5.74, 6) is 1.50. The molecule has 36 heavy (non-hydrogen) atoms. The molecule has 4 heteroatoms. The lowest BCUT2D eigenvalue weighted by atomic mass is 9.79. The van der Waals surface area contributed by atoms with Crippen LogP contribution in [0, 0.1) is 10.8 Å². The van der Waals surface area contributed by atoms with E-state index in [0.717, 1.165) is 29.9 Å². The predicted octanol–water partition coefficient (Wildman–Crippen LogP) is 8.10. The Morgan fingerprint density at radius 3 is 1.89 bits per heavy atom. The summed E-state index contributed by atoms with van der Waals surface area (Å²) in [6.07, 6.45) is 5.98. The third-order valence-corrected chi connectivity index (χ3v) is 7.41. The van der Waals surface area contributed by atoms with E-state index in [9.17, 15) is 0 Å². The number of allylic oxidation sites excluding steroid dienone is 1. The Bertz CT molecular complexity index is 1230. The number of aliphatic imine (C=N–C) groups is 1. The quantitative estimate of drug-likeness (QED) is 0.357. The molecule has 0 unspecified atom stereocenters. The van der Waals surface area contributed by atoms with Crippen molar-refractivity contribution in [1.82, 2.24) is 15.3 Å². The van der Waals surface area contributed by atoms with E-state index in [1.165, 1.54) is 28.0 Å². The maximum atomic E-state index is 4.77. The number of aromatic amines is 1. The van der Waals surface area contributed by atoms with Crippen LogP contribution in [-0.4, -0.2) is 28.8 Å². The van der Waals surface area contributed by atoms with Crippen LogP contribution in [0.15, 0.2) is 65.9 Å². The van der Waals surface area contributed by atoms with Gasteiger partial charge in [0.2, 0.25) is 0 Å². The second-order valence-electron chi connectivity index (χ2n) is 12.2. The van der Waals surface area contributed by atoms with Gasteiger partial charge in [-0.15, -0.1) is 0 Å². The fourth-order valence-corrected chi connectivity index (χ4v) is 5.50. The van der Waals surface area contributed by atoms with Crippen LogP contribution in [0.25, 0.3) is 28.0 Å². The molecule has 1 aromatic heterocycles. The van der Waals surface area contributed by atoms with Crippen LogP contribution in [0.1, 0.15) is 78.6 Å². The molecule has 190 valence electrons. The minimum Gasteiger partial charge on any atom is -0.342 e. The van der Waals surface area contributed by atoms with Gasteiger partial charge in [-0.3, -0.25) is 4.99 Å². The Labute approximate surface area is 217 Å². The lowest BCUT2D eigenvalue weighted by Crippen LogP contribution is -2.44. The van der Waals surface area contributed by atoms with Gasteiger partial charge in [-0.2, -0.15) is 0 Å². The van der Waals surface area contributed by atoms with Crippen molar-refractivity contribution >= 4 is 11.3 Å². The first-order valence-corrected chi connectivity index (χ1v) is 13.2. The van der Waals surface area contributed by atoms with Crippen LogP contribution >= 0.6 is 0 Å². The Morgan fingerprint density at radius 2 is 1.39 bits per heavy atom. The third kappa shape index (κ3) is 5.54. The van der Waals surface area contributed by atoms with Crippen LogP contribution in [0.5, 0.6) is 0 Å². The summed E-state index contributed by atoms with van der Waals surface area (Å²) in [5, 5.41) is 3.45. The number of imidazole rings is 1. The van der Waals surface area contributed by atoms with Gasteiger partial charge in [0.05, 0.1) is 17.9 Å². The van der Waals surface area contributed by atoms with Crippen molar-refractivity contribution < 1.29 is 0 Å². The molecule has 0 aliphatic carbocycles. The number of rotatable bonds is 7. The Morgan fingerprint density at radius 1 is 0.833 bits per heavy atom. The second-order valence-corrected chi connectivity index (χ2v) is 12.2. The number of nitrogens with zero attached hydrogens (tertiary/aromatic N) is 2. The fourth-order valence-electron chi connectivity index (χ4n) is 5.50. The number of hydrogen-bond acceptors (Lipinski definition) is 3. The summed E-state index contributed by atoms with van der Waals surface area (Å²) < 4.78 is 0. The van der Waals surface area contributed by atoms with Crippen molar-refractivity contribution in [3.05, 3.63) is 72.3 Å². The smallest absolute Gasteiger partial charge is 0.110 e. The summed E-state index contributed by atoms with van der Waals surface area (Å²) in [6.45, 7) is 15.9. The van der Waals surface area contributed by atoms with Gasteiger partial charge in [0.25, 0.3) is 0 Å². The SMILES string of the molecule is CC[C@H](c1ncc(-c2ccc(-c3ccc(C4=CN=C([C@@H](NC)C(C)(C)C)C4)cc3)cc2)[nH]1)C(C)(C)C. The Balaban J connectivity index is 1.45. The first-order chi connectivity index (χ1) is 17.0. The lowest BCUT2D eigenvalue weighted by Gasteiger charge is -2.30.